The Morgan fingerprint density at radius 1 is 1.26 bits per heavy atom. The van der Waals surface area contributed by atoms with E-state index in [2.05, 4.69) is 20.5 Å². The molecule has 0 radical (unpaired) electrons. The summed E-state index contributed by atoms with van der Waals surface area (Å²) in [4.78, 5) is 26.7. The summed E-state index contributed by atoms with van der Waals surface area (Å²) in [5, 5.41) is 21.5. The Hall–Kier alpha value is -3.56. The number of carbonyl (C=O) groups excluding carboxylic acids is 1. The average molecular weight is 369 g/mol. The molecule has 27 heavy (non-hydrogen) atoms. The number of hydrogen-bond acceptors (Lipinski definition) is 6. The van der Waals surface area contributed by atoms with Crippen LogP contribution in [-0.2, 0) is 11.3 Å². The molecule has 2 heterocycles. The van der Waals surface area contributed by atoms with Gasteiger partial charge in [-0.3, -0.25) is 10.1 Å². The number of hydrogen-bond donors (Lipinski definition) is 1. The SMILES string of the molecule is Cc1ccc(Cn2cnc(NC(=O)C(C)n3nc([N+](=O)[O-])cc3C)n2)cc1. The zero-order valence-electron chi connectivity index (χ0n) is 15.2. The number of amides is 1. The summed E-state index contributed by atoms with van der Waals surface area (Å²) < 4.78 is 2.92. The number of nitrogens with one attached hydrogen (secondary N) is 1. The number of rotatable bonds is 6. The molecule has 0 spiro atoms. The number of aromatic nitrogens is 5. The molecule has 3 rings (SSSR count). The first-order valence-electron chi connectivity index (χ1n) is 8.30. The highest BCUT2D eigenvalue weighted by Gasteiger charge is 2.25. The van der Waals surface area contributed by atoms with Crippen LogP contribution in [0.1, 0.15) is 29.8 Å². The van der Waals surface area contributed by atoms with Crippen molar-refractivity contribution >= 4 is 17.7 Å². The molecular formula is C17H19N7O3. The lowest BCUT2D eigenvalue weighted by atomic mass is 10.1. The molecule has 1 unspecified atom stereocenters. The van der Waals surface area contributed by atoms with E-state index in [-0.39, 0.29) is 11.8 Å². The van der Waals surface area contributed by atoms with Gasteiger partial charge in [0, 0.05) is 0 Å². The molecule has 1 aromatic carbocycles. The predicted molar refractivity (Wildman–Crippen MR) is 97.3 cm³/mol. The fourth-order valence-electron chi connectivity index (χ4n) is 2.59. The molecule has 1 atom stereocenters. The molecule has 1 amide bonds. The van der Waals surface area contributed by atoms with Gasteiger partial charge >= 0.3 is 5.82 Å². The second-order valence-corrected chi connectivity index (χ2v) is 6.26. The van der Waals surface area contributed by atoms with Crippen LogP contribution >= 0.6 is 0 Å². The smallest absolute Gasteiger partial charge is 0.358 e. The molecular weight excluding hydrogens is 350 g/mol. The van der Waals surface area contributed by atoms with Crippen molar-refractivity contribution in [1.29, 1.82) is 0 Å². The molecule has 3 aromatic rings. The number of nitro groups is 1. The Bertz CT molecular complexity index is 975. The molecule has 1 N–H and O–H groups in total. The first-order chi connectivity index (χ1) is 12.8. The van der Waals surface area contributed by atoms with Crippen LogP contribution in [0.3, 0.4) is 0 Å². The van der Waals surface area contributed by atoms with E-state index < -0.39 is 16.9 Å². The minimum absolute atomic E-state index is 0.165. The zero-order chi connectivity index (χ0) is 19.6. The first-order valence-corrected chi connectivity index (χ1v) is 8.30. The van der Waals surface area contributed by atoms with Crippen molar-refractivity contribution in [3.8, 4) is 0 Å². The lowest BCUT2D eigenvalue weighted by Gasteiger charge is -2.09. The standard InChI is InChI=1S/C17H19N7O3/c1-11-4-6-14(7-5-11)9-22-10-18-17(21-22)19-16(25)13(3)23-12(2)8-15(20-23)24(26)27/h4-8,10,13H,9H2,1-3H3,(H,19,21,25). The van der Waals surface area contributed by atoms with Crippen LogP contribution in [-0.4, -0.2) is 35.4 Å². The molecule has 10 heteroatoms. The number of benzene rings is 1. The van der Waals surface area contributed by atoms with Gasteiger partial charge in [0.1, 0.15) is 12.4 Å². The molecule has 0 aliphatic carbocycles. The van der Waals surface area contributed by atoms with E-state index in [1.165, 1.54) is 22.6 Å². The highest BCUT2D eigenvalue weighted by Crippen LogP contribution is 2.17. The monoisotopic (exact) mass is 369 g/mol. The summed E-state index contributed by atoms with van der Waals surface area (Å²) in [5.74, 6) is -0.546. The van der Waals surface area contributed by atoms with Crippen LogP contribution in [0.2, 0.25) is 0 Å². The van der Waals surface area contributed by atoms with Crippen LogP contribution in [0.4, 0.5) is 11.8 Å². The van der Waals surface area contributed by atoms with Gasteiger partial charge in [-0.2, -0.15) is 4.68 Å². The molecule has 0 aliphatic heterocycles. The predicted octanol–water partition coefficient (Wildman–Crippen LogP) is 2.25. The number of nitrogens with zero attached hydrogens (tertiary/aromatic N) is 6. The van der Waals surface area contributed by atoms with Gasteiger partial charge in [0.2, 0.25) is 5.95 Å². The van der Waals surface area contributed by atoms with Gasteiger partial charge in [-0.05, 0) is 31.3 Å². The highest BCUT2D eigenvalue weighted by molar-refractivity contribution is 5.91. The minimum Gasteiger partial charge on any atom is -0.358 e. The van der Waals surface area contributed by atoms with E-state index in [0.29, 0.717) is 12.2 Å². The van der Waals surface area contributed by atoms with Gasteiger partial charge in [0.05, 0.1) is 23.4 Å². The average Bonchev–Trinajstić information content (AvgIpc) is 3.23. The van der Waals surface area contributed by atoms with E-state index in [1.807, 2.05) is 31.2 Å². The van der Waals surface area contributed by atoms with Crippen LogP contribution in [0.25, 0.3) is 0 Å². The maximum atomic E-state index is 12.4. The van der Waals surface area contributed by atoms with Crippen LogP contribution in [0.15, 0.2) is 36.7 Å². The van der Waals surface area contributed by atoms with E-state index in [9.17, 15) is 14.9 Å². The fraction of sp³-hybridized carbons (Fsp3) is 0.294. The number of carbonyl (C=O) groups is 1. The number of aryl methyl sites for hydroxylation is 2. The van der Waals surface area contributed by atoms with Gasteiger partial charge < -0.3 is 10.1 Å². The van der Waals surface area contributed by atoms with Gasteiger partial charge in [-0.15, -0.1) is 5.10 Å². The third-order valence-corrected chi connectivity index (χ3v) is 4.08. The summed E-state index contributed by atoms with van der Waals surface area (Å²) in [6, 6.07) is 8.61. The maximum absolute atomic E-state index is 12.4. The summed E-state index contributed by atoms with van der Waals surface area (Å²) >= 11 is 0. The van der Waals surface area contributed by atoms with Crippen molar-refractivity contribution < 1.29 is 9.72 Å². The van der Waals surface area contributed by atoms with Crippen molar-refractivity contribution in [2.45, 2.75) is 33.4 Å². The molecule has 140 valence electrons. The molecule has 0 saturated carbocycles. The quantitative estimate of drug-likeness (QED) is 0.525. The summed E-state index contributed by atoms with van der Waals surface area (Å²) in [7, 11) is 0. The first kappa shape index (κ1) is 18.2. The molecule has 0 bridgehead atoms. The molecule has 0 aliphatic rings. The van der Waals surface area contributed by atoms with E-state index in [1.54, 1.807) is 18.5 Å². The third-order valence-electron chi connectivity index (χ3n) is 4.08. The normalized spacial score (nSPS) is 12.0. The molecule has 10 nitrogen and oxygen atoms in total. The summed E-state index contributed by atoms with van der Waals surface area (Å²) in [6.07, 6.45) is 1.53. The van der Waals surface area contributed by atoms with Crippen molar-refractivity contribution in [3.63, 3.8) is 0 Å². The highest BCUT2D eigenvalue weighted by atomic mass is 16.6. The summed E-state index contributed by atoms with van der Waals surface area (Å²) in [5.41, 5.74) is 2.76. The van der Waals surface area contributed by atoms with Crippen LogP contribution < -0.4 is 5.32 Å². The Morgan fingerprint density at radius 3 is 2.59 bits per heavy atom. The van der Waals surface area contributed by atoms with Crippen molar-refractivity contribution in [1.82, 2.24) is 24.5 Å². The minimum atomic E-state index is -0.747. The Balaban J connectivity index is 1.66. The topological polar surface area (TPSA) is 121 Å². The van der Waals surface area contributed by atoms with Crippen LogP contribution in [0, 0.1) is 24.0 Å². The second-order valence-electron chi connectivity index (χ2n) is 6.26. The van der Waals surface area contributed by atoms with Crippen molar-refractivity contribution in [3.05, 3.63) is 63.6 Å². The lowest BCUT2D eigenvalue weighted by Crippen LogP contribution is -2.25. The van der Waals surface area contributed by atoms with Crippen LogP contribution in [0.5, 0.6) is 0 Å². The van der Waals surface area contributed by atoms with Gasteiger partial charge in [-0.25, -0.2) is 9.67 Å². The Kier molecular flexibility index (Phi) is 4.97. The fourth-order valence-corrected chi connectivity index (χ4v) is 2.59. The van der Waals surface area contributed by atoms with Crippen molar-refractivity contribution in [2.75, 3.05) is 5.32 Å². The zero-order valence-corrected chi connectivity index (χ0v) is 15.2. The van der Waals surface area contributed by atoms with E-state index >= 15 is 0 Å². The largest absolute Gasteiger partial charge is 0.390 e. The number of anilines is 1. The van der Waals surface area contributed by atoms with Gasteiger partial charge in [0.15, 0.2) is 0 Å². The third kappa shape index (κ3) is 4.17. The van der Waals surface area contributed by atoms with Crippen molar-refractivity contribution in [2.24, 2.45) is 0 Å². The molecule has 2 aromatic heterocycles. The second kappa shape index (κ2) is 7.36. The Morgan fingerprint density at radius 2 is 1.96 bits per heavy atom. The Labute approximate surface area is 155 Å². The molecule has 0 fully saturated rings. The lowest BCUT2D eigenvalue weighted by molar-refractivity contribution is -0.389. The molecule has 0 saturated heterocycles. The summed E-state index contributed by atoms with van der Waals surface area (Å²) in [6.45, 7) is 5.80. The maximum Gasteiger partial charge on any atom is 0.390 e. The van der Waals surface area contributed by atoms with Gasteiger partial charge in [-0.1, -0.05) is 29.8 Å². The van der Waals surface area contributed by atoms with E-state index in [0.717, 1.165) is 5.56 Å². The van der Waals surface area contributed by atoms with E-state index in [4.69, 9.17) is 0 Å². The van der Waals surface area contributed by atoms with Gasteiger partial charge in [0.25, 0.3) is 5.91 Å².